The van der Waals surface area contributed by atoms with Crippen LogP contribution in [0.25, 0.3) is 0 Å². The highest BCUT2D eigenvalue weighted by molar-refractivity contribution is 5.79. The number of aromatic nitrogens is 1. The number of carbonyl (C=O) groups excluding carboxylic acids is 1. The molecule has 37 heavy (non-hydrogen) atoms. The summed E-state index contributed by atoms with van der Waals surface area (Å²) in [5, 5.41) is 0. The van der Waals surface area contributed by atoms with E-state index in [9.17, 15) is 4.79 Å². The zero-order valence-electron chi connectivity index (χ0n) is 23.8. The van der Waals surface area contributed by atoms with Gasteiger partial charge in [0.1, 0.15) is 0 Å². The van der Waals surface area contributed by atoms with Crippen molar-refractivity contribution in [2.24, 2.45) is 11.8 Å². The number of rotatable bonds is 11. The largest absolute Gasteiger partial charge is 0.335 e. The van der Waals surface area contributed by atoms with Crippen LogP contribution >= 0.6 is 0 Å². The first kappa shape index (κ1) is 28.9. The fourth-order valence-corrected chi connectivity index (χ4v) is 5.18. The number of nitrogens with zero attached hydrogens (tertiary/aromatic N) is 3. The Bertz CT molecular complexity index is 1030. The van der Waals surface area contributed by atoms with Gasteiger partial charge in [-0.2, -0.15) is 0 Å². The predicted molar refractivity (Wildman–Crippen MR) is 154 cm³/mol. The number of piperidine rings is 1. The van der Waals surface area contributed by atoms with Gasteiger partial charge >= 0.3 is 0 Å². The normalized spacial score (nSPS) is 16.0. The summed E-state index contributed by atoms with van der Waals surface area (Å²) in [6.07, 6.45) is 11.0. The first-order valence-electron chi connectivity index (χ1n) is 14.4. The Morgan fingerprint density at radius 2 is 1.81 bits per heavy atom. The van der Waals surface area contributed by atoms with Crippen LogP contribution in [0, 0.1) is 30.6 Å². The quantitative estimate of drug-likeness (QED) is 0.311. The zero-order valence-corrected chi connectivity index (χ0v) is 23.8. The second kappa shape index (κ2) is 14.9. The van der Waals surface area contributed by atoms with E-state index in [0.717, 1.165) is 63.7 Å². The fraction of sp³-hybridized carbons (Fsp3) is 0.576. The van der Waals surface area contributed by atoms with Crippen molar-refractivity contribution in [2.75, 3.05) is 13.1 Å². The van der Waals surface area contributed by atoms with E-state index in [-0.39, 0.29) is 12.0 Å². The molecule has 4 heteroatoms. The molecule has 0 N–H and O–H groups in total. The summed E-state index contributed by atoms with van der Waals surface area (Å²) in [5.74, 6) is 7.65. The van der Waals surface area contributed by atoms with Gasteiger partial charge in [0.05, 0.1) is 0 Å². The minimum absolute atomic E-state index is 0.0532. The Hall–Kier alpha value is -2.64. The standard InChI is InChI=1S/C33H47N3O/c1-6-8-9-10-30-21-27(4)22-31(23-30)25-36(33(37)28(5)12-11-26(3)7-2)32-15-19-35(20-16-32)24-29-13-17-34-18-14-29/h13-14,17-18,21-23,26,28,32H,6-8,11-12,15-16,19-20,24-25H2,1-5H3/t26-,28-/m1/s1. The highest BCUT2D eigenvalue weighted by Crippen LogP contribution is 2.25. The lowest BCUT2D eigenvalue weighted by Gasteiger charge is -2.40. The van der Waals surface area contributed by atoms with Gasteiger partial charge in [-0.15, -0.1) is 0 Å². The van der Waals surface area contributed by atoms with Crippen LogP contribution in [0.15, 0.2) is 42.7 Å². The molecule has 0 saturated carbocycles. The molecule has 2 heterocycles. The number of unbranched alkanes of at least 4 members (excludes halogenated alkanes) is 1. The van der Waals surface area contributed by atoms with Crippen LogP contribution in [-0.4, -0.2) is 39.8 Å². The first-order valence-corrected chi connectivity index (χ1v) is 14.4. The van der Waals surface area contributed by atoms with E-state index < -0.39 is 0 Å². The third-order valence-electron chi connectivity index (χ3n) is 7.75. The summed E-state index contributed by atoms with van der Waals surface area (Å²) in [6.45, 7) is 14.6. The third kappa shape index (κ3) is 9.31. The maximum atomic E-state index is 13.9. The van der Waals surface area contributed by atoms with Crippen LogP contribution < -0.4 is 0 Å². The van der Waals surface area contributed by atoms with Gasteiger partial charge in [0.25, 0.3) is 0 Å². The topological polar surface area (TPSA) is 36.4 Å². The van der Waals surface area contributed by atoms with Gasteiger partial charge in [0.2, 0.25) is 5.91 Å². The number of aryl methyl sites for hydroxylation is 1. The van der Waals surface area contributed by atoms with E-state index in [1.807, 2.05) is 12.4 Å². The van der Waals surface area contributed by atoms with E-state index in [2.05, 4.69) is 91.6 Å². The van der Waals surface area contributed by atoms with E-state index in [4.69, 9.17) is 0 Å². The summed E-state index contributed by atoms with van der Waals surface area (Å²) < 4.78 is 0. The van der Waals surface area contributed by atoms with Crippen molar-refractivity contribution in [3.8, 4) is 11.8 Å². The Labute approximate surface area is 225 Å². The first-order chi connectivity index (χ1) is 17.9. The average molecular weight is 502 g/mol. The Balaban J connectivity index is 1.74. The van der Waals surface area contributed by atoms with Gasteiger partial charge < -0.3 is 4.90 Å². The van der Waals surface area contributed by atoms with Crippen LogP contribution in [0.5, 0.6) is 0 Å². The maximum absolute atomic E-state index is 13.9. The monoisotopic (exact) mass is 501 g/mol. The second-order valence-corrected chi connectivity index (χ2v) is 11.1. The number of carbonyl (C=O) groups is 1. The highest BCUT2D eigenvalue weighted by atomic mass is 16.2. The fourth-order valence-electron chi connectivity index (χ4n) is 5.18. The Kier molecular flexibility index (Phi) is 11.7. The lowest BCUT2D eigenvalue weighted by molar-refractivity contribution is -0.139. The van der Waals surface area contributed by atoms with E-state index in [0.29, 0.717) is 18.4 Å². The molecule has 0 bridgehead atoms. The van der Waals surface area contributed by atoms with Crippen LogP contribution in [0.1, 0.15) is 94.9 Å². The van der Waals surface area contributed by atoms with Crippen LogP contribution in [0.3, 0.4) is 0 Å². The van der Waals surface area contributed by atoms with E-state index in [1.54, 1.807) is 0 Å². The molecule has 0 radical (unpaired) electrons. The number of likely N-dealkylation sites (tertiary alicyclic amines) is 1. The Morgan fingerprint density at radius 3 is 2.49 bits per heavy atom. The van der Waals surface area contributed by atoms with Gasteiger partial charge in [-0.3, -0.25) is 14.7 Å². The molecule has 1 saturated heterocycles. The molecular formula is C33H47N3O. The molecule has 1 amide bonds. The third-order valence-corrected chi connectivity index (χ3v) is 7.75. The van der Waals surface area contributed by atoms with Crippen molar-refractivity contribution >= 4 is 5.91 Å². The van der Waals surface area contributed by atoms with E-state index in [1.165, 1.54) is 23.1 Å². The molecule has 200 valence electrons. The lowest BCUT2D eigenvalue weighted by Crippen LogP contribution is -2.48. The van der Waals surface area contributed by atoms with Gasteiger partial charge in [-0.05, 0) is 85.9 Å². The summed E-state index contributed by atoms with van der Waals surface area (Å²) in [5.41, 5.74) is 4.77. The van der Waals surface area contributed by atoms with Gasteiger partial charge in [0, 0.05) is 62.5 Å². The van der Waals surface area contributed by atoms with Gasteiger partial charge in [-0.1, -0.05) is 52.0 Å². The SMILES string of the molecule is CCCC#Cc1cc(C)cc(CN(C(=O)[C@H](C)CC[C@H](C)CC)C2CCN(Cc3ccncc3)CC2)c1. The predicted octanol–water partition coefficient (Wildman–Crippen LogP) is 7.00. The molecule has 1 aromatic carbocycles. The van der Waals surface area contributed by atoms with Crippen LogP contribution in [-0.2, 0) is 17.9 Å². The minimum atomic E-state index is 0.0532. The van der Waals surface area contributed by atoms with Crippen LogP contribution in [0.4, 0.5) is 0 Å². The van der Waals surface area contributed by atoms with Crippen molar-refractivity contribution in [3.63, 3.8) is 0 Å². The number of hydrogen-bond acceptors (Lipinski definition) is 3. The summed E-state index contributed by atoms with van der Waals surface area (Å²) in [6, 6.07) is 11.1. The molecule has 1 aliphatic heterocycles. The minimum Gasteiger partial charge on any atom is -0.335 e. The van der Waals surface area contributed by atoms with Crippen molar-refractivity contribution in [2.45, 2.75) is 98.7 Å². The molecule has 0 spiro atoms. The molecular weight excluding hydrogens is 454 g/mol. The summed E-state index contributed by atoms with van der Waals surface area (Å²) >= 11 is 0. The lowest BCUT2D eigenvalue weighted by atomic mass is 9.93. The van der Waals surface area contributed by atoms with Gasteiger partial charge in [-0.25, -0.2) is 0 Å². The van der Waals surface area contributed by atoms with Crippen molar-refractivity contribution in [1.82, 2.24) is 14.8 Å². The molecule has 0 unspecified atom stereocenters. The summed E-state index contributed by atoms with van der Waals surface area (Å²) in [4.78, 5) is 22.7. The number of amides is 1. The van der Waals surface area contributed by atoms with Crippen molar-refractivity contribution in [1.29, 1.82) is 0 Å². The average Bonchev–Trinajstić information content (AvgIpc) is 2.91. The second-order valence-electron chi connectivity index (χ2n) is 11.1. The molecule has 4 nitrogen and oxygen atoms in total. The van der Waals surface area contributed by atoms with Crippen LogP contribution in [0.2, 0.25) is 0 Å². The highest BCUT2D eigenvalue weighted by Gasteiger charge is 2.30. The molecule has 0 aliphatic carbocycles. The van der Waals surface area contributed by atoms with Crippen molar-refractivity contribution < 1.29 is 4.79 Å². The molecule has 3 rings (SSSR count). The molecule has 2 aromatic rings. The maximum Gasteiger partial charge on any atom is 0.225 e. The smallest absolute Gasteiger partial charge is 0.225 e. The number of hydrogen-bond donors (Lipinski definition) is 0. The zero-order chi connectivity index (χ0) is 26.6. The Morgan fingerprint density at radius 1 is 1.08 bits per heavy atom. The summed E-state index contributed by atoms with van der Waals surface area (Å²) in [7, 11) is 0. The van der Waals surface area contributed by atoms with Crippen molar-refractivity contribution in [3.05, 3.63) is 65.0 Å². The molecule has 1 fully saturated rings. The number of benzene rings is 1. The molecule has 2 atom stereocenters. The van der Waals surface area contributed by atoms with Gasteiger partial charge in [0.15, 0.2) is 0 Å². The molecule has 1 aliphatic rings. The van der Waals surface area contributed by atoms with E-state index >= 15 is 0 Å². The molecule has 1 aromatic heterocycles. The number of pyridine rings is 1.